The van der Waals surface area contributed by atoms with Gasteiger partial charge in [0.2, 0.25) is 0 Å². The summed E-state index contributed by atoms with van der Waals surface area (Å²) in [7, 11) is 1.66. The van der Waals surface area contributed by atoms with E-state index in [1.807, 2.05) is 0 Å². The first-order valence-electron chi connectivity index (χ1n) is 5.37. The van der Waals surface area contributed by atoms with Crippen molar-refractivity contribution in [3.8, 4) is 0 Å². The van der Waals surface area contributed by atoms with Crippen LogP contribution in [0.25, 0.3) is 0 Å². The van der Waals surface area contributed by atoms with Crippen LogP contribution in [0.15, 0.2) is 0 Å². The van der Waals surface area contributed by atoms with Crippen LogP contribution in [-0.4, -0.2) is 18.5 Å². The Morgan fingerprint density at radius 2 is 1.93 bits per heavy atom. The second-order valence-corrected chi connectivity index (χ2v) is 5.61. The molecule has 0 aromatic carbocycles. The van der Waals surface area contributed by atoms with Gasteiger partial charge in [-0.1, -0.05) is 20.8 Å². The van der Waals surface area contributed by atoms with E-state index in [0.717, 1.165) is 12.8 Å². The third-order valence-corrected chi connectivity index (χ3v) is 3.38. The number of carbonyl (C=O) groups is 1. The highest BCUT2D eigenvalue weighted by Gasteiger charge is 2.46. The van der Waals surface area contributed by atoms with Crippen LogP contribution in [-0.2, 0) is 9.53 Å². The quantitative estimate of drug-likeness (QED) is 0.682. The maximum atomic E-state index is 11.7. The van der Waals surface area contributed by atoms with Gasteiger partial charge in [0.1, 0.15) is 5.60 Å². The van der Waals surface area contributed by atoms with Crippen LogP contribution in [0, 0.1) is 11.3 Å². The Labute approximate surface area is 87.0 Å². The van der Waals surface area contributed by atoms with Gasteiger partial charge >= 0.3 is 0 Å². The lowest BCUT2D eigenvalue weighted by atomic mass is 9.64. The molecular weight excluding hydrogens is 176 g/mol. The van der Waals surface area contributed by atoms with Crippen LogP contribution in [0.4, 0.5) is 0 Å². The number of Topliss-reactive ketones (excluding diaryl/α,β-unsaturated/α-hetero) is 1. The first-order valence-corrected chi connectivity index (χ1v) is 5.37. The molecule has 1 aliphatic carbocycles. The van der Waals surface area contributed by atoms with Gasteiger partial charge in [-0.15, -0.1) is 0 Å². The average molecular weight is 198 g/mol. The van der Waals surface area contributed by atoms with Crippen molar-refractivity contribution >= 4 is 5.78 Å². The van der Waals surface area contributed by atoms with Gasteiger partial charge in [0.15, 0.2) is 5.78 Å². The molecule has 0 saturated heterocycles. The fourth-order valence-electron chi connectivity index (χ4n) is 3.06. The second-order valence-electron chi connectivity index (χ2n) is 5.61. The molecule has 0 bridgehead atoms. The molecule has 1 saturated carbocycles. The molecule has 1 fully saturated rings. The van der Waals surface area contributed by atoms with Gasteiger partial charge in [0.05, 0.1) is 0 Å². The number of hydrogen-bond donors (Lipinski definition) is 0. The molecule has 82 valence electrons. The maximum absolute atomic E-state index is 11.7. The first-order chi connectivity index (χ1) is 6.31. The number of methoxy groups -OCH3 is 1. The van der Waals surface area contributed by atoms with Crippen LogP contribution < -0.4 is 0 Å². The van der Waals surface area contributed by atoms with Gasteiger partial charge in [0.25, 0.3) is 0 Å². The van der Waals surface area contributed by atoms with Crippen molar-refractivity contribution < 1.29 is 9.53 Å². The molecule has 0 amide bonds. The summed E-state index contributed by atoms with van der Waals surface area (Å²) in [5.74, 6) is 0.752. The van der Waals surface area contributed by atoms with E-state index in [0.29, 0.717) is 5.92 Å². The van der Waals surface area contributed by atoms with Crippen molar-refractivity contribution in [2.24, 2.45) is 11.3 Å². The van der Waals surface area contributed by atoms with Gasteiger partial charge in [0, 0.05) is 7.11 Å². The van der Waals surface area contributed by atoms with Crippen LogP contribution in [0.3, 0.4) is 0 Å². The molecule has 2 atom stereocenters. The van der Waals surface area contributed by atoms with Crippen LogP contribution >= 0.6 is 0 Å². The zero-order valence-corrected chi connectivity index (χ0v) is 10.0. The summed E-state index contributed by atoms with van der Waals surface area (Å²) in [5, 5.41) is 0. The summed E-state index contributed by atoms with van der Waals surface area (Å²) in [6.45, 7) is 8.30. The number of ether oxygens (including phenoxy) is 1. The summed E-state index contributed by atoms with van der Waals surface area (Å²) in [6.07, 6.45) is 2.92. The zero-order chi connectivity index (χ0) is 11.0. The average Bonchev–Trinajstić information content (AvgIpc) is 2.00. The minimum Gasteiger partial charge on any atom is -0.370 e. The van der Waals surface area contributed by atoms with E-state index >= 15 is 0 Å². The van der Waals surface area contributed by atoms with E-state index < -0.39 is 5.60 Å². The molecule has 1 aliphatic rings. The number of hydrogen-bond acceptors (Lipinski definition) is 2. The Kier molecular flexibility index (Phi) is 3.05. The summed E-state index contributed by atoms with van der Waals surface area (Å²) in [5.41, 5.74) is -0.291. The SMILES string of the molecule is COC1(C(C)=O)CC(C)CC(C)(C)C1. The van der Waals surface area contributed by atoms with Crippen molar-refractivity contribution in [2.75, 3.05) is 7.11 Å². The second kappa shape index (κ2) is 3.65. The van der Waals surface area contributed by atoms with Crippen LogP contribution in [0.2, 0.25) is 0 Å². The monoisotopic (exact) mass is 198 g/mol. The molecule has 0 spiro atoms. The largest absolute Gasteiger partial charge is 0.370 e. The summed E-state index contributed by atoms with van der Waals surface area (Å²) in [4.78, 5) is 11.7. The topological polar surface area (TPSA) is 26.3 Å². The first kappa shape index (κ1) is 11.7. The lowest BCUT2D eigenvalue weighted by Gasteiger charge is -2.45. The molecule has 14 heavy (non-hydrogen) atoms. The van der Waals surface area contributed by atoms with E-state index in [1.54, 1.807) is 14.0 Å². The van der Waals surface area contributed by atoms with E-state index in [-0.39, 0.29) is 11.2 Å². The van der Waals surface area contributed by atoms with Crippen molar-refractivity contribution in [3.63, 3.8) is 0 Å². The van der Waals surface area contributed by atoms with Gasteiger partial charge < -0.3 is 4.74 Å². The Morgan fingerprint density at radius 1 is 1.36 bits per heavy atom. The number of ketones is 1. The van der Waals surface area contributed by atoms with Crippen molar-refractivity contribution in [1.82, 2.24) is 0 Å². The highest BCUT2D eigenvalue weighted by molar-refractivity contribution is 5.85. The molecule has 0 heterocycles. The van der Waals surface area contributed by atoms with Crippen molar-refractivity contribution in [2.45, 2.75) is 52.6 Å². The molecule has 0 aromatic heterocycles. The third kappa shape index (κ3) is 2.17. The lowest BCUT2D eigenvalue weighted by Crippen LogP contribution is -2.48. The standard InChI is InChI=1S/C12H22O2/c1-9-6-11(3,4)8-12(7-9,14-5)10(2)13/h9H,6-8H2,1-5H3. The Hall–Kier alpha value is -0.370. The zero-order valence-electron chi connectivity index (χ0n) is 10.0. The van der Waals surface area contributed by atoms with Crippen molar-refractivity contribution in [3.05, 3.63) is 0 Å². The smallest absolute Gasteiger partial charge is 0.161 e. The Balaban J connectivity index is 2.92. The molecule has 0 N–H and O–H groups in total. The molecule has 0 radical (unpaired) electrons. The maximum Gasteiger partial charge on any atom is 0.161 e. The van der Waals surface area contributed by atoms with Gasteiger partial charge in [-0.2, -0.15) is 0 Å². The normalized spacial score (nSPS) is 36.8. The van der Waals surface area contributed by atoms with E-state index in [2.05, 4.69) is 20.8 Å². The Bertz CT molecular complexity index is 232. The van der Waals surface area contributed by atoms with Gasteiger partial charge in [-0.25, -0.2) is 0 Å². The van der Waals surface area contributed by atoms with Crippen LogP contribution in [0.5, 0.6) is 0 Å². The van der Waals surface area contributed by atoms with E-state index in [1.165, 1.54) is 6.42 Å². The third-order valence-electron chi connectivity index (χ3n) is 3.38. The fourth-order valence-corrected chi connectivity index (χ4v) is 3.06. The lowest BCUT2D eigenvalue weighted by molar-refractivity contribution is -0.151. The number of rotatable bonds is 2. The molecule has 2 nitrogen and oxygen atoms in total. The summed E-state index contributed by atoms with van der Waals surface area (Å²) >= 11 is 0. The molecule has 0 aliphatic heterocycles. The van der Waals surface area contributed by atoms with Crippen LogP contribution in [0.1, 0.15) is 47.0 Å². The van der Waals surface area contributed by atoms with E-state index in [4.69, 9.17) is 4.74 Å². The predicted octanol–water partition coefficient (Wildman–Crippen LogP) is 2.81. The van der Waals surface area contributed by atoms with E-state index in [9.17, 15) is 4.79 Å². The fraction of sp³-hybridized carbons (Fsp3) is 0.917. The van der Waals surface area contributed by atoms with Crippen molar-refractivity contribution in [1.29, 1.82) is 0 Å². The molecular formula is C12H22O2. The molecule has 2 heteroatoms. The van der Waals surface area contributed by atoms with Gasteiger partial charge in [-0.05, 0) is 37.5 Å². The minimum atomic E-state index is -0.513. The van der Waals surface area contributed by atoms with Gasteiger partial charge in [-0.3, -0.25) is 4.79 Å². The molecule has 2 unspecified atom stereocenters. The highest BCUT2D eigenvalue weighted by Crippen LogP contribution is 2.45. The summed E-state index contributed by atoms with van der Waals surface area (Å²) in [6, 6.07) is 0. The highest BCUT2D eigenvalue weighted by atomic mass is 16.5. The predicted molar refractivity (Wildman–Crippen MR) is 57.2 cm³/mol. The summed E-state index contributed by atoms with van der Waals surface area (Å²) < 4.78 is 5.50. The Morgan fingerprint density at radius 3 is 2.29 bits per heavy atom. The molecule has 0 aromatic rings. The molecule has 1 rings (SSSR count). The number of carbonyl (C=O) groups excluding carboxylic acids is 1. The minimum absolute atomic E-state index is 0.180.